The second kappa shape index (κ2) is 8.24. The Morgan fingerprint density at radius 3 is 2.76 bits per heavy atom. The molecule has 1 aromatic carbocycles. The van der Waals surface area contributed by atoms with Gasteiger partial charge in [0.25, 0.3) is 0 Å². The van der Waals surface area contributed by atoms with E-state index in [1.165, 1.54) is 16.9 Å². The lowest BCUT2D eigenvalue weighted by Gasteiger charge is -2.15. The van der Waals surface area contributed by atoms with Crippen LogP contribution in [0, 0.1) is 0 Å². The van der Waals surface area contributed by atoms with Gasteiger partial charge in [0.2, 0.25) is 5.82 Å². The second-order valence-electron chi connectivity index (χ2n) is 6.70. The van der Waals surface area contributed by atoms with Gasteiger partial charge in [-0.1, -0.05) is 0 Å². The summed E-state index contributed by atoms with van der Waals surface area (Å²) in [4.78, 5) is 23.5. The van der Waals surface area contributed by atoms with Gasteiger partial charge >= 0.3 is 5.97 Å². The van der Waals surface area contributed by atoms with E-state index in [1.54, 1.807) is 38.5 Å². The Balaban J connectivity index is 1.85. The zero-order valence-electron chi connectivity index (χ0n) is 16.7. The third-order valence-corrected chi connectivity index (χ3v) is 6.12. The van der Waals surface area contributed by atoms with Crippen molar-refractivity contribution in [2.75, 3.05) is 26.1 Å². The number of hydrogen-bond donors (Lipinski definition) is 1. The number of anilines is 2. The highest BCUT2D eigenvalue weighted by molar-refractivity contribution is 7.19. The molecule has 152 valence electrons. The van der Waals surface area contributed by atoms with E-state index in [0.717, 1.165) is 35.2 Å². The average Bonchev–Trinajstić information content (AvgIpc) is 3.13. The molecule has 1 aliphatic rings. The minimum absolute atomic E-state index is 0.0629. The van der Waals surface area contributed by atoms with Crippen LogP contribution in [0.25, 0.3) is 10.2 Å². The van der Waals surface area contributed by atoms with Crippen molar-refractivity contribution in [2.45, 2.75) is 32.6 Å². The summed E-state index contributed by atoms with van der Waals surface area (Å²) in [6.07, 6.45) is 4.35. The standard InChI is InChI=1S/C21H23N3O4S/c1-4-28-21(25)19-23-18(22-14-10-9-12(26-2)11-15(14)27-3)17-13-7-5-6-8-16(13)29-20(17)24-19/h9-11H,4-8H2,1-3H3,(H,22,23,24). The Labute approximate surface area is 173 Å². The van der Waals surface area contributed by atoms with Crippen molar-refractivity contribution < 1.29 is 19.0 Å². The summed E-state index contributed by atoms with van der Waals surface area (Å²) in [5, 5.41) is 4.34. The Morgan fingerprint density at radius 1 is 1.17 bits per heavy atom. The number of benzene rings is 1. The van der Waals surface area contributed by atoms with Crippen molar-refractivity contribution in [2.24, 2.45) is 0 Å². The van der Waals surface area contributed by atoms with Crippen LogP contribution in [0.4, 0.5) is 11.5 Å². The van der Waals surface area contributed by atoms with E-state index < -0.39 is 5.97 Å². The van der Waals surface area contributed by atoms with Crippen LogP contribution < -0.4 is 14.8 Å². The normalized spacial score (nSPS) is 13.1. The lowest BCUT2D eigenvalue weighted by atomic mass is 9.97. The number of fused-ring (bicyclic) bond motifs is 3. The van der Waals surface area contributed by atoms with E-state index in [4.69, 9.17) is 14.2 Å². The zero-order chi connectivity index (χ0) is 20.4. The first-order chi connectivity index (χ1) is 14.1. The number of esters is 1. The highest BCUT2D eigenvalue weighted by atomic mass is 32.1. The summed E-state index contributed by atoms with van der Waals surface area (Å²) in [6, 6.07) is 5.52. The largest absolute Gasteiger partial charge is 0.497 e. The van der Waals surface area contributed by atoms with Crippen molar-refractivity contribution in [3.8, 4) is 11.5 Å². The van der Waals surface area contributed by atoms with E-state index in [1.807, 2.05) is 12.1 Å². The first-order valence-corrected chi connectivity index (χ1v) is 10.4. The molecule has 0 unspecified atom stereocenters. The number of aromatic nitrogens is 2. The van der Waals surface area contributed by atoms with E-state index in [9.17, 15) is 4.79 Å². The molecule has 1 aliphatic carbocycles. The number of methoxy groups -OCH3 is 2. The second-order valence-corrected chi connectivity index (χ2v) is 7.78. The Kier molecular flexibility index (Phi) is 5.53. The maximum atomic E-state index is 12.3. The highest BCUT2D eigenvalue weighted by Crippen LogP contribution is 2.40. The molecule has 0 atom stereocenters. The van der Waals surface area contributed by atoms with Gasteiger partial charge in [-0.05, 0) is 50.3 Å². The van der Waals surface area contributed by atoms with Gasteiger partial charge in [-0.3, -0.25) is 0 Å². The average molecular weight is 413 g/mol. The SMILES string of the molecule is CCOC(=O)c1nc(Nc2ccc(OC)cc2OC)c2c3c(sc2n1)CCCC3. The molecule has 0 saturated heterocycles. The van der Waals surface area contributed by atoms with Gasteiger partial charge in [0.1, 0.15) is 22.1 Å². The molecule has 1 N–H and O–H groups in total. The third-order valence-electron chi connectivity index (χ3n) is 4.93. The fourth-order valence-electron chi connectivity index (χ4n) is 3.56. The summed E-state index contributed by atoms with van der Waals surface area (Å²) < 4.78 is 15.9. The molecular formula is C21H23N3O4S. The van der Waals surface area contributed by atoms with Crippen molar-refractivity contribution in [1.29, 1.82) is 0 Å². The van der Waals surface area contributed by atoms with Gasteiger partial charge in [0.15, 0.2) is 0 Å². The minimum atomic E-state index is -0.523. The minimum Gasteiger partial charge on any atom is -0.497 e. The molecule has 2 aromatic heterocycles. The fourth-order valence-corrected chi connectivity index (χ4v) is 4.83. The molecule has 29 heavy (non-hydrogen) atoms. The molecule has 2 heterocycles. The van der Waals surface area contributed by atoms with Crippen LogP contribution in [0.2, 0.25) is 0 Å². The quantitative estimate of drug-likeness (QED) is 0.596. The number of nitrogens with zero attached hydrogens (tertiary/aromatic N) is 2. The summed E-state index contributed by atoms with van der Waals surface area (Å²) in [5.41, 5.74) is 2.01. The van der Waals surface area contributed by atoms with Crippen LogP contribution in [0.1, 0.15) is 40.8 Å². The smallest absolute Gasteiger partial charge is 0.376 e. The molecule has 0 aliphatic heterocycles. The summed E-state index contributed by atoms with van der Waals surface area (Å²) in [6.45, 7) is 2.04. The monoisotopic (exact) mass is 413 g/mol. The van der Waals surface area contributed by atoms with Gasteiger partial charge in [-0.2, -0.15) is 0 Å². The number of rotatable bonds is 6. The van der Waals surface area contributed by atoms with Crippen LogP contribution in [0.5, 0.6) is 11.5 Å². The fraction of sp³-hybridized carbons (Fsp3) is 0.381. The van der Waals surface area contributed by atoms with Crippen molar-refractivity contribution >= 4 is 39.0 Å². The van der Waals surface area contributed by atoms with Crippen molar-refractivity contribution in [1.82, 2.24) is 9.97 Å². The first kappa shape index (κ1) is 19.4. The predicted molar refractivity (Wildman–Crippen MR) is 113 cm³/mol. The van der Waals surface area contributed by atoms with Gasteiger partial charge < -0.3 is 19.5 Å². The van der Waals surface area contributed by atoms with E-state index in [2.05, 4.69) is 15.3 Å². The number of aryl methyl sites for hydroxylation is 2. The van der Waals surface area contributed by atoms with Crippen LogP contribution in [-0.2, 0) is 17.6 Å². The predicted octanol–water partition coefficient (Wildman–Crippen LogP) is 4.51. The number of carbonyl (C=O) groups is 1. The third kappa shape index (κ3) is 3.72. The van der Waals surface area contributed by atoms with Gasteiger partial charge in [0, 0.05) is 10.9 Å². The van der Waals surface area contributed by atoms with E-state index in [-0.39, 0.29) is 12.4 Å². The Morgan fingerprint density at radius 2 is 2.00 bits per heavy atom. The lowest BCUT2D eigenvalue weighted by Crippen LogP contribution is -2.11. The molecule has 0 radical (unpaired) electrons. The van der Waals surface area contributed by atoms with Crippen LogP contribution in [-0.4, -0.2) is 36.8 Å². The molecule has 0 saturated carbocycles. The summed E-state index contributed by atoms with van der Waals surface area (Å²) in [7, 11) is 3.21. The molecular weight excluding hydrogens is 390 g/mol. The number of carbonyl (C=O) groups excluding carboxylic acids is 1. The van der Waals surface area contributed by atoms with E-state index in [0.29, 0.717) is 17.3 Å². The molecule has 4 rings (SSSR count). The van der Waals surface area contributed by atoms with Crippen LogP contribution >= 0.6 is 11.3 Å². The highest BCUT2D eigenvalue weighted by Gasteiger charge is 2.24. The van der Waals surface area contributed by atoms with Crippen molar-refractivity contribution in [3.05, 3.63) is 34.5 Å². The number of thiophene rings is 1. The number of hydrogen-bond acceptors (Lipinski definition) is 8. The van der Waals surface area contributed by atoms with Gasteiger partial charge in [-0.25, -0.2) is 14.8 Å². The number of nitrogens with one attached hydrogen (secondary N) is 1. The summed E-state index contributed by atoms with van der Waals surface area (Å²) in [5.74, 6) is 1.46. The maximum absolute atomic E-state index is 12.3. The number of ether oxygens (including phenoxy) is 3. The maximum Gasteiger partial charge on any atom is 0.376 e. The van der Waals surface area contributed by atoms with E-state index >= 15 is 0 Å². The molecule has 3 aromatic rings. The summed E-state index contributed by atoms with van der Waals surface area (Å²) >= 11 is 1.64. The zero-order valence-corrected chi connectivity index (χ0v) is 17.5. The molecule has 7 nitrogen and oxygen atoms in total. The Hall–Kier alpha value is -2.87. The first-order valence-electron chi connectivity index (χ1n) is 9.63. The van der Waals surface area contributed by atoms with Crippen LogP contribution in [0.3, 0.4) is 0 Å². The van der Waals surface area contributed by atoms with Crippen LogP contribution in [0.15, 0.2) is 18.2 Å². The van der Waals surface area contributed by atoms with Gasteiger partial charge in [-0.15, -0.1) is 11.3 Å². The van der Waals surface area contributed by atoms with Gasteiger partial charge in [0.05, 0.1) is 31.9 Å². The lowest BCUT2D eigenvalue weighted by molar-refractivity contribution is 0.0512. The topological polar surface area (TPSA) is 82.6 Å². The van der Waals surface area contributed by atoms with Crippen molar-refractivity contribution in [3.63, 3.8) is 0 Å². The molecule has 0 amide bonds. The molecule has 8 heteroatoms. The molecule has 0 bridgehead atoms. The molecule has 0 spiro atoms. The molecule has 0 fully saturated rings. The Bertz CT molecular complexity index is 1060.